The van der Waals surface area contributed by atoms with Crippen molar-refractivity contribution >= 4 is 0 Å². The van der Waals surface area contributed by atoms with Crippen LogP contribution in [0.5, 0.6) is 5.75 Å². The predicted molar refractivity (Wildman–Crippen MR) is 71.5 cm³/mol. The van der Waals surface area contributed by atoms with Crippen LogP contribution in [0.3, 0.4) is 0 Å². The van der Waals surface area contributed by atoms with Crippen LogP contribution in [0.2, 0.25) is 0 Å². The molecule has 2 rings (SSSR count). The van der Waals surface area contributed by atoms with E-state index < -0.39 is 0 Å². The molecule has 0 spiro atoms. The molecule has 1 aromatic carbocycles. The van der Waals surface area contributed by atoms with Gasteiger partial charge in [0.1, 0.15) is 11.4 Å². The topological polar surface area (TPSA) is 39.9 Å². The van der Waals surface area contributed by atoms with Gasteiger partial charge < -0.3 is 4.74 Å². The van der Waals surface area contributed by atoms with Gasteiger partial charge in [-0.3, -0.25) is 4.68 Å². The first-order chi connectivity index (χ1) is 8.72. The van der Waals surface area contributed by atoms with Crippen LogP contribution >= 0.6 is 0 Å². The first-order valence-electron chi connectivity index (χ1n) is 6.27. The molecule has 0 saturated heterocycles. The lowest BCUT2D eigenvalue weighted by Crippen LogP contribution is -2.06. The van der Waals surface area contributed by atoms with E-state index in [1.807, 2.05) is 35.1 Å². The molecule has 0 saturated carbocycles. The van der Waals surface area contributed by atoms with Crippen molar-refractivity contribution in [2.24, 2.45) is 5.92 Å². The summed E-state index contributed by atoms with van der Waals surface area (Å²) in [5.41, 5.74) is 1.96. The molecule has 0 aliphatic carbocycles. The summed E-state index contributed by atoms with van der Waals surface area (Å²) in [6.07, 6.45) is 3.14. The minimum atomic E-state index is 0.621. The molecule has 0 fully saturated rings. The van der Waals surface area contributed by atoms with Crippen molar-refractivity contribution in [1.82, 2.24) is 15.0 Å². The van der Waals surface area contributed by atoms with Gasteiger partial charge in [0.2, 0.25) is 0 Å². The van der Waals surface area contributed by atoms with Gasteiger partial charge in [-0.25, -0.2) is 0 Å². The van der Waals surface area contributed by atoms with Crippen LogP contribution < -0.4 is 4.74 Å². The second-order valence-corrected chi connectivity index (χ2v) is 4.57. The zero-order valence-electron chi connectivity index (χ0n) is 11.1. The minimum absolute atomic E-state index is 0.621. The molecular weight excluding hydrogens is 226 g/mol. The van der Waals surface area contributed by atoms with E-state index in [0.29, 0.717) is 5.92 Å². The molecular formula is C14H19N3O. The van der Waals surface area contributed by atoms with E-state index in [4.69, 9.17) is 4.74 Å². The summed E-state index contributed by atoms with van der Waals surface area (Å²) in [4.78, 5) is 0. The Morgan fingerprint density at radius 1 is 1.28 bits per heavy atom. The highest BCUT2D eigenvalue weighted by molar-refractivity contribution is 5.58. The van der Waals surface area contributed by atoms with Gasteiger partial charge in [0.25, 0.3) is 0 Å². The molecule has 4 nitrogen and oxygen atoms in total. The fourth-order valence-corrected chi connectivity index (χ4v) is 1.73. The quantitative estimate of drug-likeness (QED) is 0.813. The molecule has 96 valence electrons. The Kier molecular flexibility index (Phi) is 3.97. The smallest absolute Gasteiger partial charge is 0.118 e. The molecule has 1 heterocycles. The van der Waals surface area contributed by atoms with Crippen LogP contribution in [0, 0.1) is 5.92 Å². The highest BCUT2D eigenvalue weighted by Gasteiger charge is 2.06. The van der Waals surface area contributed by atoms with E-state index in [1.165, 1.54) is 0 Å². The maximum atomic E-state index is 5.14. The van der Waals surface area contributed by atoms with Crippen LogP contribution in [0.1, 0.15) is 20.3 Å². The van der Waals surface area contributed by atoms with Gasteiger partial charge in [-0.1, -0.05) is 25.5 Å². The van der Waals surface area contributed by atoms with Gasteiger partial charge >= 0.3 is 0 Å². The molecule has 0 amide bonds. The fraction of sp³-hybridized carbons (Fsp3) is 0.429. The van der Waals surface area contributed by atoms with Gasteiger partial charge in [-0.05, 0) is 30.2 Å². The molecule has 0 aliphatic heterocycles. The van der Waals surface area contributed by atoms with Crippen LogP contribution in [0.15, 0.2) is 30.5 Å². The molecule has 2 aromatic rings. The number of aromatic nitrogens is 3. The number of hydrogen-bond acceptors (Lipinski definition) is 3. The van der Waals surface area contributed by atoms with Gasteiger partial charge in [-0.15, -0.1) is 5.10 Å². The van der Waals surface area contributed by atoms with Crippen molar-refractivity contribution in [3.8, 4) is 17.0 Å². The monoisotopic (exact) mass is 245 g/mol. The Morgan fingerprint density at radius 3 is 2.61 bits per heavy atom. The molecule has 0 N–H and O–H groups in total. The lowest BCUT2D eigenvalue weighted by Gasteiger charge is -2.06. The second kappa shape index (κ2) is 5.67. The highest BCUT2D eigenvalue weighted by Crippen LogP contribution is 2.20. The van der Waals surface area contributed by atoms with Gasteiger partial charge in [-0.2, -0.15) is 0 Å². The summed E-state index contributed by atoms with van der Waals surface area (Å²) < 4.78 is 7.05. The van der Waals surface area contributed by atoms with E-state index in [2.05, 4.69) is 24.2 Å². The zero-order chi connectivity index (χ0) is 13.0. The van der Waals surface area contributed by atoms with Gasteiger partial charge in [0.05, 0.1) is 13.3 Å². The number of ether oxygens (including phenoxy) is 1. The average Bonchev–Trinajstić information content (AvgIpc) is 2.87. The standard InChI is InChI=1S/C14H19N3O/c1-4-11(2)9-17-10-14(15-16-17)12-5-7-13(18-3)8-6-12/h5-8,10-11H,4,9H2,1-3H3/t11-/m0/s1. The SMILES string of the molecule is CC[C@H](C)Cn1cc(-c2ccc(OC)cc2)nn1. The molecule has 0 radical (unpaired) electrons. The second-order valence-electron chi connectivity index (χ2n) is 4.57. The molecule has 1 atom stereocenters. The average molecular weight is 245 g/mol. The van der Waals surface area contributed by atoms with E-state index in [0.717, 1.165) is 30.0 Å². The minimum Gasteiger partial charge on any atom is -0.497 e. The highest BCUT2D eigenvalue weighted by atomic mass is 16.5. The van der Waals surface area contributed by atoms with Crippen LogP contribution in [0.25, 0.3) is 11.3 Å². The summed E-state index contributed by atoms with van der Waals surface area (Å²) in [7, 11) is 1.66. The Labute approximate surface area is 108 Å². The molecule has 0 unspecified atom stereocenters. The Hall–Kier alpha value is -1.84. The maximum absolute atomic E-state index is 5.14. The summed E-state index contributed by atoms with van der Waals surface area (Å²) in [5.74, 6) is 1.47. The number of nitrogens with zero attached hydrogens (tertiary/aromatic N) is 3. The molecule has 0 aliphatic rings. The van der Waals surface area contributed by atoms with E-state index in [1.54, 1.807) is 7.11 Å². The van der Waals surface area contributed by atoms with Crippen molar-refractivity contribution in [1.29, 1.82) is 0 Å². The van der Waals surface area contributed by atoms with Crippen LogP contribution in [-0.4, -0.2) is 22.1 Å². The fourth-order valence-electron chi connectivity index (χ4n) is 1.73. The van der Waals surface area contributed by atoms with E-state index in [9.17, 15) is 0 Å². The van der Waals surface area contributed by atoms with Crippen molar-refractivity contribution in [3.05, 3.63) is 30.5 Å². The summed E-state index contributed by atoms with van der Waals surface area (Å²) in [6, 6.07) is 7.86. The van der Waals surface area contributed by atoms with Crippen molar-refractivity contribution in [2.75, 3.05) is 7.11 Å². The van der Waals surface area contributed by atoms with Crippen LogP contribution in [-0.2, 0) is 6.54 Å². The van der Waals surface area contributed by atoms with Crippen molar-refractivity contribution < 1.29 is 4.74 Å². The van der Waals surface area contributed by atoms with Gasteiger partial charge in [0, 0.05) is 12.1 Å². The molecule has 18 heavy (non-hydrogen) atoms. The van der Waals surface area contributed by atoms with E-state index in [-0.39, 0.29) is 0 Å². The molecule has 4 heteroatoms. The van der Waals surface area contributed by atoms with Crippen molar-refractivity contribution in [2.45, 2.75) is 26.8 Å². The lowest BCUT2D eigenvalue weighted by atomic mass is 10.1. The summed E-state index contributed by atoms with van der Waals surface area (Å²) in [5, 5.41) is 8.36. The Bertz CT molecular complexity index is 490. The third-order valence-electron chi connectivity index (χ3n) is 3.12. The number of hydrogen-bond donors (Lipinski definition) is 0. The lowest BCUT2D eigenvalue weighted by molar-refractivity contribution is 0.415. The van der Waals surface area contributed by atoms with E-state index >= 15 is 0 Å². The summed E-state index contributed by atoms with van der Waals surface area (Å²) in [6.45, 7) is 5.32. The largest absolute Gasteiger partial charge is 0.497 e. The van der Waals surface area contributed by atoms with Crippen molar-refractivity contribution in [3.63, 3.8) is 0 Å². The predicted octanol–water partition coefficient (Wildman–Crippen LogP) is 3.00. The first-order valence-corrected chi connectivity index (χ1v) is 6.27. The number of rotatable bonds is 5. The Morgan fingerprint density at radius 2 is 2.00 bits per heavy atom. The zero-order valence-corrected chi connectivity index (χ0v) is 11.1. The number of methoxy groups -OCH3 is 1. The van der Waals surface area contributed by atoms with Crippen LogP contribution in [0.4, 0.5) is 0 Å². The molecule has 1 aromatic heterocycles. The first kappa shape index (κ1) is 12.6. The Balaban J connectivity index is 2.13. The van der Waals surface area contributed by atoms with Gasteiger partial charge in [0.15, 0.2) is 0 Å². The third-order valence-corrected chi connectivity index (χ3v) is 3.12. The third kappa shape index (κ3) is 2.88. The maximum Gasteiger partial charge on any atom is 0.118 e. The normalized spacial score (nSPS) is 12.4. The number of benzene rings is 1. The molecule has 0 bridgehead atoms. The summed E-state index contributed by atoms with van der Waals surface area (Å²) >= 11 is 0.